The first-order valence-corrected chi connectivity index (χ1v) is 6.50. The van der Waals surface area contributed by atoms with Crippen LogP contribution in [0.25, 0.3) is 0 Å². The Bertz CT molecular complexity index is 736. The van der Waals surface area contributed by atoms with Crippen LogP contribution in [0.4, 0.5) is 0 Å². The summed E-state index contributed by atoms with van der Waals surface area (Å²) in [6.45, 7) is 2.26. The SMILES string of the molecule is Cc1ccc(OCC#CCNC(=O)c2ccc(=O)[nH]n2)cn1. The molecule has 7 nitrogen and oxygen atoms in total. The molecule has 0 fully saturated rings. The average molecular weight is 298 g/mol. The van der Waals surface area contributed by atoms with Crippen LogP contribution in [-0.4, -0.2) is 34.2 Å². The summed E-state index contributed by atoms with van der Waals surface area (Å²) >= 11 is 0. The van der Waals surface area contributed by atoms with E-state index in [1.807, 2.05) is 19.1 Å². The van der Waals surface area contributed by atoms with E-state index >= 15 is 0 Å². The average Bonchev–Trinajstić information content (AvgIpc) is 2.53. The molecule has 2 rings (SSSR count). The van der Waals surface area contributed by atoms with Gasteiger partial charge in [-0.1, -0.05) is 11.8 Å². The molecule has 0 radical (unpaired) electrons. The zero-order valence-electron chi connectivity index (χ0n) is 11.9. The van der Waals surface area contributed by atoms with Crippen molar-refractivity contribution in [3.63, 3.8) is 0 Å². The minimum atomic E-state index is -0.408. The highest BCUT2D eigenvalue weighted by Crippen LogP contribution is 2.07. The second kappa shape index (κ2) is 7.59. The van der Waals surface area contributed by atoms with Crippen LogP contribution in [0.3, 0.4) is 0 Å². The van der Waals surface area contributed by atoms with E-state index in [0.717, 1.165) is 5.69 Å². The number of pyridine rings is 1. The Morgan fingerprint density at radius 3 is 2.86 bits per heavy atom. The summed E-state index contributed by atoms with van der Waals surface area (Å²) in [6, 6.07) is 6.24. The Morgan fingerprint density at radius 2 is 2.18 bits per heavy atom. The van der Waals surface area contributed by atoms with Crippen molar-refractivity contribution in [1.29, 1.82) is 0 Å². The molecular weight excluding hydrogens is 284 g/mol. The van der Waals surface area contributed by atoms with Crippen molar-refractivity contribution >= 4 is 5.91 Å². The van der Waals surface area contributed by atoms with E-state index in [2.05, 4.69) is 32.3 Å². The number of carbonyl (C=O) groups is 1. The van der Waals surface area contributed by atoms with Gasteiger partial charge in [0.15, 0.2) is 0 Å². The standard InChI is InChI=1S/C15H14N4O3/c1-11-4-5-12(10-17-11)22-9-3-2-8-16-15(21)13-6-7-14(20)19-18-13/h4-7,10H,8-9H2,1H3,(H,16,21)(H,19,20). The van der Waals surface area contributed by atoms with Crippen LogP contribution in [0.15, 0.2) is 35.3 Å². The molecule has 0 bridgehead atoms. The quantitative estimate of drug-likeness (QED) is 0.791. The first kappa shape index (κ1) is 15.3. The molecule has 2 N–H and O–H groups in total. The van der Waals surface area contributed by atoms with Gasteiger partial charge in [0, 0.05) is 11.8 Å². The van der Waals surface area contributed by atoms with Crippen LogP contribution < -0.4 is 15.6 Å². The lowest BCUT2D eigenvalue weighted by molar-refractivity contribution is 0.0952. The highest BCUT2D eigenvalue weighted by molar-refractivity contribution is 5.92. The highest BCUT2D eigenvalue weighted by Gasteiger charge is 2.04. The fraction of sp³-hybridized carbons (Fsp3) is 0.200. The van der Waals surface area contributed by atoms with Crippen molar-refractivity contribution in [3.8, 4) is 17.6 Å². The van der Waals surface area contributed by atoms with E-state index < -0.39 is 5.91 Å². The predicted molar refractivity (Wildman–Crippen MR) is 79.4 cm³/mol. The summed E-state index contributed by atoms with van der Waals surface area (Å²) in [5.41, 5.74) is 0.680. The lowest BCUT2D eigenvalue weighted by atomic mass is 10.3. The molecule has 0 aromatic carbocycles. The summed E-state index contributed by atoms with van der Waals surface area (Å²) in [7, 11) is 0. The molecular formula is C15H14N4O3. The lowest BCUT2D eigenvalue weighted by Crippen LogP contribution is -2.26. The topological polar surface area (TPSA) is 97.0 Å². The van der Waals surface area contributed by atoms with Crippen LogP contribution in [0.1, 0.15) is 16.2 Å². The smallest absolute Gasteiger partial charge is 0.272 e. The lowest BCUT2D eigenvalue weighted by Gasteiger charge is -2.01. The van der Waals surface area contributed by atoms with E-state index in [9.17, 15) is 9.59 Å². The number of nitrogens with one attached hydrogen (secondary N) is 2. The Hall–Kier alpha value is -3.14. The third kappa shape index (κ3) is 4.76. The number of aromatic amines is 1. The first-order valence-electron chi connectivity index (χ1n) is 6.50. The largest absolute Gasteiger partial charge is 0.479 e. The third-order valence-corrected chi connectivity index (χ3v) is 2.57. The van der Waals surface area contributed by atoms with Crippen LogP contribution in [-0.2, 0) is 0 Å². The number of rotatable bonds is 4. The van der Waals surface area contributed by atoms with Crippen LogP contribution in [0, 0.1) is 18.8 Å². The molecule has 0 aliphatic carbocycles. The van der Waals surface area contributed by atoms with Crippen molar-refractivity contribution in [2.24, 2.45) is 0 Å². The molecule has 0 unspecified atom stereocenters. The fourth-order valence-electron chi connectivity index (χ4n) is 1.46. The number of aromatic nitrogens is 3. The maximum Gasteiger partial charge on any atom is 0.272 e. The molecule has 2 heterocycles. The zero-order valence-corrected chi connectivity index (χ0v) is 11.9. The summed E-state index contributed by atoms with van der Waals surface area (Å²) in [5, 5.41) is 8.36. The van der Waals surface area contributed by atoms with Crippen molar-refractivity contribution in [3.05, 3.63) is 52.2 Å². The van der Waals surface area contributed by atoms with Gasteiger partial charge in [0.2, 0.25) is 0 Å². The zero-order chi connectivity index (χ0) is 15.8. The summed E-state index contributed by atoms with van der Waals surface area (Å²) in [4.78, 5) is 26.6. The van der Waals surface area contributed by atoms with Crippen molar-refractivity contribution in [1.82, 2.24) is 20.5 Å². The van der Waals surface area contributed by atoms with Gasteiger partial charge >= 0.3 is 0 Å². The molecule has 0 saturated carbocycles. The third-order valence-electron chi connectivity index (χ3n) is 2.57. The van der Waals surface area contributed by atoms with Gasteiger partial charge in [-0.15, -0.1) is 0 Å². The second-order valence-corrected chi connectivity index (χ2v) is 4.27. The number of H-pyrrole nitrogens is 1. The Morgan fingerprint density at radius 1 is 1.32 bits per heavy atom. The molecule has 0 aliphatic rings. The second-order valence-electron chi connectivity index (χ2n) is 4.27. The van der Waals surface area contributed by atoms with E-state index in [-0.39, 0.29) is 24.4 Å². The molecule has 1 amide bonds. The predicted octanol–water partition coefficient (Wildman–Crippen LogP) is 0.286. The van der Waals surface area contributed by atoms with Gasteiger partial charge in [-0.3, -0.25) is 14.6 Å². The van der Waals surface area contributed by atoms with E-state index in [1.54, 1.807) is 6.20 Å². The minimum Gasteiger partial charge on any atom is -0.479 e. The molecule has 0 aliphatic heterocycles. The minimum absolute atomic E-state index is 0.128. The molecule has 2 aromatic rings. The van der Waals surface area contributed by atoms with Crippen molar-refractivity contribution in [2.45, 2.75) is 6.92 Å². The van der Waals surface area contributed by atoms with E-state index in [4.69, 9.17) is 4.74 Å². The molecule has 0 atom stereocenters. The van der Waals surface area contributed by atoms with E-state index in [0.29, 0.717) is 5.75 Å². The maximum absolute atomic E-state index is 11.6. The number of hydrogen-bond donors (Lipinski definition) is 2. The summed E-state index contributed by atoms with van der Waals surface area (Å²) in [6.07, 6.45) is 1.63. The number of ether oxygens (including phenoxy) is 1. The molecule has 112 valence electrons. The van der Waals surface area contributed by atoms with Gasteiger partial charge in [-0.2, -0.15) is 5.10 Å². The highest BCUT2D eigenvalue weighted by atomic mass is 16.5. The number of amides is 1. The Kier molecular flexibility index (Phi) is 5.26. The number of aryl methyl sites for hydroxylation is 1. The molecule has 2 aromatic heterocycles. The van der Waals surface area contributed by atoms with Crippen LogP contribution in [0.5, 0.6) is 5.75 Å². The molecule has 0 spiro atoms. The fourth-order valence-corrected chi connectivity index (χ4v) is 1.46. The van der Waals surface area contributed by atoms with Gasteiger partial charge in [-0.05, 0) is 25.1 Å². The van der Waals surface area contributed by atoms with Crippen LogP contribution in [0.2, 0.25) is 0 Å². The Balaban J connectivity index is 1.72. The monoisotopic (exact) mass is 298 g/mol. The number of nitrogens with zero attached hydrogens (tertiary/aromatic N) is 2. The van der Waals surface area contributed by atoms with Gasteiger partial charge in [0.05, 0.1) is 12.7 Å². The van der Waals surface area contributed by atoms with Gasteiger partial charge in [-0.25, -0.2) is 5.10 Å². The van der Waals surface area contributed by atoms with Gasteiger partial charge < -0.3 is 10.1 Å². The van der Waals surface area contributed by atoms with Crippen LogP contribution >= 0.6 is 0 Å². The summed E-state index contributed by atoms with van der Waals surface area (Å²) in [5.74, 6) is 5.76. The normalized spacial score (nSPS) is 9.50. The maximum atomic E-state index is 11.6. The summed E-state index contributed by atoms with van der Waals surface area (Å²) < 4.78 is 5.36. The van der Waals surface area contributed by atoms with E-state index in [1.165, 1.54) is 12.1 Å². The van der Waals surface area contributed by atoms with Crippen molar-refractivity contribution < 1.29 is 9.53 Å². The Labute approximate surface area is 126 Å². The molecule has 7 heteroatoms. The number of hydrogen-bond acceptors (Lipinski definition) is 5. The number of carbonyl (C=O) groups excluding carboxylic acids is 1. The molecule has 22 heavy (non-hydrogen) atoms. The first-order chi connectivity index (χ1) is 10.6. The molecule has 0 saturated heterocycles. The van der Waals surface area contributed by atoms with Crippen molar-refractivity contribution in [2.75, 3.05) is 13.2 Å². The van der Waals surface area contributed by atoms with Gasteiger partial charge in [0.25, 0.3) is 11.5 Å². The van der Waals surface area contributed by atoms with Gasteiger partial charge in [0.1, 0.15) is 18.1 Å².